The Morgan fingerprint density at radius 1 is 1.60 bits per heavy atom. The minimum atomic E-state index is -0.493. The van der Waals surface area contributed by atoms with Crippen molar-refractivity contribution in [2.24, 2.45) is 0 Å². The Labute approximate surface area is 89.0 Å². The monoisotopic (exact) mass is 206 g/mol. The number of benzene rings is 1. The number of aliphatic hydroxyl groups is 1. The second-order valence-corrected chi connectivity index (χ2v) is 3.29. The first-order valence-corrected chi connectivity index (χ1v) is 4.73. The normalized spacial score (nSPS) is 11.9. The number of carbonyl (C=O) groups is 1. The molecule has 0 aliphatic carbocycles. The van der Waals surface area contributed by atoms with Crippen LogP contribution in [0.5, 0.6) is 5.75 Å². The highest BCUT2D eigenvalue weighted by molar-refractivity contribution is 5.83. The van der Waals surface area contributed by atoms with Crippen LogP contribution in [0.3, 0.4) is 0 Å². The first-order chi connectivity index (χ1) is 7.13. The maximum atomic E-state index is 11.0. The molecular formula is C12H14O3. The van der Waals surface area contributed by atoms with E-state index in [1.807, 2.05) is 12.1 Å². The summed E-state index contributed by atoms with van der Waals surface area (Å²) in [7, 11) is 0. The molecule has 1 atom stereocenters. The highest BCUT2D eigenvalue weighted by Gasteiger charge is 2.08. The minimum absolute atomic E-state index is 0.459. The number of hydrogen-bond donors (Lipinski definition) is 1. The fourth-order valence-electron chi connectivity index (χ4n) is 1.24. The molecule has 0 aliphatic rings. The van der Waals surface area contributed by atoms with Crippen LogP contribution in [0.1, 0.15) is 12.5 Å². The van der Waals surface area contributed by atoms with Crippen molar-refractivity contribution in [2.75, 3.05) is 0 Å². The molecule has 15 heavy (non-hydrogen) atoms. The molecule has 0 radical (unpaired) electrons. The Morgan fingerprint density at radius 2 is 2.27 bits per heavy atom. The summed E-state index contributed by atoms with van der Waals surface area (Å²) < 4.78 is 5.03. The third-order valence-electron chi connectivity index (χ3n) is 1.87. The SMILES string of the molecule is C=CC(=O)Oc1ccccc1CC(C)O. The first kappa shape index (κ1) is 11.5. The Kier molecular flexibility index (Phi) is 4.06. The molecule has 0 spiro atoms. The molecule has 0 bridgehead atoms. The maximum Gasteiger partial charge on any atom is 0.335 e. The van der Waals surface area contributed by atoms with Crippen LogP contribution in [0.4, 0.5) is 0 Å². The third-order valence-corrected chi connectivity index (χ3v) is 1.87. The van der Waals surface area contributed by atoms with E-state index in [2.05, 4.69) is 6.58 Å². The van der Waals surface area contributed by atoms with Crippen molar-refractivity contribution in [1.82, 2.24) is 0 Å². The highest BCUT2D eigenvalue weighted by atomic mass is 16.5. The summed E-state index contributed by atoms with van der Waals surface area (Å²) in [6.07, 6.45) is 1.10. The molecule has 0 fully saturated rings. The topological polar surface area (TPSA) is 46.5 Å². The van der Waals surface area contributed by atoms with E-state index in [1.165, 1.54) is 0 Å². The second-order valence-electron chi connectivity index (χ2n) is 3.29. The van der Waals surface area contributed by atoms with Gasteiger partial charge in [0.05, 0.1) is 6.10 Å². The summed E-state index contributed by atoms with van der Waals surface area (Å²) in [4.78, 5) is 11.0. The highest BCUT2D eigenvalue weighted by Crippen LogP contribution is 2.19. The number of para-hydroxylation sites is 1. The lowest BCUT2D eigenvalue weighted by atomic mass is 10.1. The summed E-state index contributed by atoms with van der Waals surface area (Å²) in [6.45, 7) is 5.01. The zero-order chi connectivity index (χ0) is 11.3. The number of esters is 1. The summed E-state index contributed by atoms with van der Waals surface area (Å²) in [5, 5.41) is 9.26. The first-order valence-electron chi connectivity index (χ1n) is 4.73. The Balaban J connectivity index is 2.85. The third kappa shape index (κ3) is 3.56. The fraction of sp³-hybridized carbons (Fsp3) is 0.250. The van der Waals surface area contributed by atoms with Crippen LogP contribution >= 0.6 is 0 Å². The van der Waals surface area contributed by atoms with Crippen LogP contribution in [0.15, 0.2) is 36.9 Å². The van der Waals surface area contributed by atoms with Gasteiger partial charge in [-0.25, -0.2) is 4.79 Å². The molecule has 1 aromatic rings. The summed E-state index contributed by atoms with van der Waals surface area (Å²) >= 11 is 0. The van der Waals surface area contributed by atoms with E-state index in [-0.39, 0.29) is 0 Å². The van der Waals surface area contributed by atoms with Crippen molar-refractivity contribution in [3.05, 3.63) is 42.5 Å². The van der Waals surface area contributed by atoms with Gasteiger partial charge < -0.3 is 9.84 Å². The average molecular weight is 206 g/mol. The summed E-state index contributed by atoms with van der Waals surface area (Å²) in [5.74, 6) is -0.0173. The number of ether oxygens (including phenoxy) is 1. The molecule has 0 aromatic heterocycles. The van der Waals surface area contributed by atoms with E-state index in [9.17, 15) is 9.90 Å². The van der Waals surface area contributed by atoms with Gasteiger partial charge in [0.1, 0.15) is 5.75 Å². The Hall–Kier alpha value is -1.61. The van der Waals surface area contributed by atoms with Crippen LogP contribution in [0.25, 0.3) is 0 Å². The van der Waals surface area contributed by atoms with Gasteiger partial charge in [-0.1, -0.05) is 24.8 Å². The molecule has 3 heteroatoms. The van der Waals surface area contributed by atoms with Crippen molar-refractivity contribution in [3.63, 3.8) is 0 Å². The van der Waals surface area contributed by atoms with Gasteiger partial charge in [-0.05, 0) is 18.6 Å². The van der Waals surface area contributed by atoms with E-state index in [0.717, 1.165) is 11.6 Å². The molecule has 0 aliphatic heterocycles. The van der Waals surface area contributed by atoms with Crippen molar-refractivity contribution in [3.8, 4) is 5.75 Å². The van der Waals surface area contributed by atoms with Crippen LogP contribution in [-0.2, 0) is 11.2 Å². The summed E-state index contributed by atoms with van der Waals surface area (Å²) in [5.41, 5.74) is 0.808. The van der Waals surface area contributed by atoms with Crippen LogP contribution in [-0.4, -0.2) is 17.2 Å². The molecule has 0 heterocycles. The number of aliphatic hydroxyl groups excluding tert-OH is 1. The largest absolute Gasteiger partial charge is 0.423 e. The van der Waals surface area contributed by atoms with Gasteiger partial charge in [-0.3, -0.25) is 0 Å². The van der Waals surface area contributed by atoms with Gasteiger partial charge in [0.25, 0.3) is 0 Å². The predicted octanol–water partition coefficient (Wildman–Crippen LogP) is 1.70. The van der Waals surface area contributed by atoms with E-state index in [0.29, 0.717) is 12.2 Å². The van der Waals surface area contributed by atoms with Gasteiger partial charge in [-0.15, -0.1) is 0 Å². The van der Waals surface area contributed by atoms with Crippen molar-refractivity contribution in [2.45, 2.75) is 19.4 Å². The lowest BCUT2D eigenvalue weighted by molar-refractivity contribution is -0.129. The van der Waals surface area contributed by atoms with Crippen molar-refractivity contribution < 1.29 is 14.6 Å². The molecule has 1 unspecified atom stereocenters. The van der Waals surface area contributed by atoms with E-state index in [4.69, 9.17) is 4.74 Å². The smallest absolute Gasteiger partial charge is 0.335 e. The van der Waals surface area contributed by atoms with Crippen LogP contribution < -0.4 is 4.74 Å². The predicted molar refractivity (Wildman–Crippen MR) is 57.7 cm³/mol. The second kappa shape index (κ2) is 5.32. The molecule has 0 saturated carbocycles. The Bertz CT molecular complexity index is 356. The average Bonchev–Trinajstić information content (AvgIpc) is 2.20. The standard InChI is InChI=1S/C12H14O3/c1-3-12(14)15-11-7-5-4-6-10(11)8-9(2)13/h3-7,9,13H,1,8H2,2H3. The van der Waals surface area contributed by atoms with Gasteiger partial charge >= 0.3 is 5.97 Å². The lowest BCUT2D eigenvalue weighted by Gasteiger charge is -2.09. The van der Waals surface area contributed by atoms with Crippen molar-refractivity contribution in [1.29, 1.82) is 0 Å². The van der Waals surface area contributed by atoms with Gasteiger partial charge in [0.15, 0.2) is 0 Å². The molecular weight excluding hydrogens is 192 g/mol. The lowest BCUT2D eigenvalue weighted by Crippen LogP contribution is -2.09. The maximum absolute atomic E-state index is 11.0. The van der Waals surface area contributed by atoms with Gasteiger partial charge in [0.2, 0.25) is 0 Å². The van der Waals surface area contributed by atoms with Crippen molar-refractivity contribution >= 4 is 5.97 Å². The van der Waals surface area contributed by atoms with E-state index in [1.54, 1.807) is 19.1 Å². The number of carbonyl (C=O) groups excluding carboxylic acids is 1. The Morgan fingerprint density at radius 3 is 2.87 bits per heavy atom. The van der Waals surface area contributed by atoms with E-state index >= 15 is 0 Å². The quantitative estimate of drug-likeness (QED) is 0.463. The molecule has 1 rings (SSSR count). The van der Waals surface area contributed by atoms with Crippen LogP contribution in [0, 0.1) is 0 Å². The zero-order valence-corrected chi connectivity index (χ0v) is 8.64. The fourth-order valence-corrected chi connectivity index (χ4v) is 1.24. The number of hydrogen-bond acceptors (Lipinski definition) is 3. The summed E-state index contributed by atoms with van der Waals surface area (Å²) in [6, 6.07) is 7.12. The van der Waals surface area contributed by atoms with Gasteiger partial charge in [-0.2, -0.15) is 0 Å². The molecule has 1 aromatic carbocycles. The molecule has 1 N–H and O–H groups in total. The van der Waals surface area contributed by atoms with Crippen LogP contribution in [0.2, 0.25) is 0 Å². The minimum Gasteiger partial charge on any atom is -0.423 e. The van der Waals surface area contributed by atoms with Gasteiger partial charge in [0, 0.05) is 12.5 Å². The number of rotatable bonds is 4. The molecule has 0 saturated heterocycles. The molecule has 0 amide bonds. The zero-order valence-electron chi connectivity index (χ0n) is 8.64. The van der Waals surface area contributed by atoms with E-state index < -0.39 is 12.1 Å². The molecule has 3 nitrogen and oxygen atoms in total. The molecule has 80 valence electrons.